The van der Waals surface area contributed by atoms with Crippen molar-refractivity contribution in [1.82, 2.24) is 29.8 Å². The van der Waals surface area contributed by atoms with Crippen LogP contribution in [0.2, 0.25) is 0 Å². The van der Waals surface area contributed by atoms with Crippen molar-refractivity contribution in [2.45, 2.75) is 46.1 Å². The lowest BCUT2D eigenvalue weighted by molar-refractivity contribution is 0.152. The second kappa shape index (κ2) is 13.4. The SMILES string of the molecule is CCNC(=NCCCCN1CCN(C)CC1)N(C)Cc1cn(C)nc1C(C)C.I. The van der Waals surface area contributed by atoms with Crippen molar-refractivity contribution >= 4 is 29.9 Å². The summed E-state index contributed by atoms with van der Waals surface area (Å²) in [6.45, 7) is 15.1. The average Bonchev–Trinajstić information content (AvgIpc) is 3.02. The third kappa shape index (κ3) is 8.80. The quantitative estimate of drug-likeness (QED) is 0.235. The van der Waals surface area contributed by atoms with Gasteiger partial charge >= 0.3 is 0 Å². The molecule has 0 atom stereocenters. The van der Waals surface area contributed by atoms with E-state index in [-0.39, 0.29) is 24.0 Å². The van der Waals surface area contributed by atoms with Crippen molar-refractivity contribution < 1.29 is 0 Å². The summed E-state index contributed by atoms with van der Waals surface area (Å²) >= 11 is 0. The van der Waals surface area contributed by atoms with Gasteiger partial charge in [-0.05, 0) is 39.3 Å². The summed E-state index contributed by atoms with van der Waals surface area (Å²) < 4.78 is 1.92. The molecule has 0 aliphatic carbocycles. The Hall–Kier alpha value is -0.870. The highest BCUT2D eigenvalue weighted by molar-refractivity contribution is 14.0. The van der Waals surface area contributed by atoms with Gasteiger partial charge in [-0.25, -0.2) is 0 Å². The minimum absolute atomic E-state index is 0. The van der Waals surface area contributed by atoms with Gasteiger partial charge in [0.15, 0.2) is 5.96 Å². The third-order valence-electron chi connectivity index (χ3n) is 5.33. The van der Waals surface area contributed by atoms with E-state index in [1.807, 2.05) is 11.7 Å². The highest BCUT2D eigenvalue weighted by Gasteiger charge is 2.15. The van der Waals surface area contributed by atoms with Crippen molar-refractivity contribution in [3.8, 4) is 0 Å². The van der Waals surface area contributed by atoms with Gasteiger partial charge < -0.3 is 20.0 Å². The van der Waals surface area contributed by atoms with Crippen LogP contribution >= 0.6 is 24.0 Å². The molecule has 1 aromatic rings. The van der Waals surface area contributed by atoms with Crippen LogP contribution in [0.3, 0.4) is 0 Å². The fourth-order valence-electron chi connectivity index (χ4n) is 3.67. The first-order valence-electron chi connectivity index (χ1n) is 10.8. The van der Waals surface area contributed by atoms with Crippen molar-refractivity contribution in [1.29, 1.82) is 0 Å². The van der Waals surface area contributed by atoms with Crippen molar-refractivity contribution in [3.05, 3.63) is 17.5 Å². The molecule has 29 heavy (non-hydrogen) atoms. The Bertz CT molecular complexity index is 606. The van der Waals surface area contributed by atoms with E-state index in [9.17, 15) is 0 Å². The predicted molar refractivity (Wildman–Crippen MR) is 133 cm³/mol. The van der Waals surface area contributed by atoms with Gasteiger partial charge in [-0.2, -0.15) is 5.10 Å². The molecular weight excluding hydrogens is 477 g/mol. The largest absolute Gasteiger partial charge is 0.357 e. The van der Waals surface area contributed by atoms with Crippen molar-refractivity contribution in [2.24, 2.45) is 12.0 Å². The summed E-state index contributed by atoms with van der Waals surface area (Å²) in [5, 5.41) is 8.06. The number of hydrogen-bond acceptors (Lipinski definition) is 4. The number of guanidine groups is 1. The Labute approximate surface area is 194 Å². The van der Waals surface area contributed by atoms with Gasteiger partial charge in [0.1, 0.15) is 0 Å². The maximum atomic E-state index is 4.86. The van der Waals surface area contributed by atoms with E-state index in [0.717, 1.165) is 32.0 Å². The van der Waals surface area contributed by atoms with E-state index in [1.54, 1.807) is 0 Å². The summed E-state index contributed by atoms with van der Waals surface area (Å²) in [6, 6.07) is 0. The molecule has 2 rings (SSSR count). The molecule has 1 fully saturated rings. The Kier molecular flexibility index (Phi) is 12.1. The first kappa shape index (κ1) is 26.2. The Morgan fingerprint density at radius 2 is 1.90 bits per heavy atom. The highest BCUT2D eigenvalue weighted by Crippen LogP contribution is 2.18. The second-order valence-corrected chi connectivity index (χ2v) is 8.31. The van der Waals surface area contributed by atoms with E-state index in [2.05, 4.69) is 66.2 Å². The Morgan fingerprint density at radius 1 is 1.21 bits per heavy atom. The minimum Gasteiger partial charge on any atom is -0.357 e. The van der Waals surface area contributed by atoms with Gasteiger partial charge in [-0.3, -0.25) is 9.67 Å². The van der Waals surface area contributed by atoms with Crippen molar-refractivity contribution in [3.63, 3.8) is 0 Å². The first-order chi connectivity index (χ1) is 13.4. The monoisotopic (exact) mass is 519 g/mol. The molecule has 7 nitrogen and oxygen atoms in total. The molecule has 1 aliphatic heterocycles. The highest BCUT2D eigenvalue weighted by atomic mass is 127. The van der Waals surface area contributed by atoms with Gasteiger partial charge in [0.05, 0.1) is 5.69 Å². The smallest absolute Gasteiger partial charge is 0.193 e. The molecule has 0 radical (unpaired) electrons. The van der Waals surface area contributed by atoms with Crippen molar-refractivity contribution in [2.75, 3.05) is 59.9 Å². The first-order valence-corrected chi connectivity index (χ1v) is 10.8. The molecule has 0 spiro atoms. The van der Waals surface area contributed by atoms with Crippen LogP contribution in [0.4, 0.5) is 0 Å². The van der Waals surface area contributed by atoms with Gasteiger partial charge in [-0.1, -0.05) is 13.8 Å². The molecule has 8 heteroatoms. The molecule has 0 bridgehead atoms. The van der Waals surface area contributed by atoms with E-state index >= 15 is 0 Å². The minimum atomic E-state index is 0. The summed E-state index contributed by atoms with van der Waals surface area (Å²) in [5.74, 6) is 1.42. The number of aliphatic imine (C=N–C) groups is 1. The number of nitrogens with zero attached hydrogens (tertiary/aromatic N) is 6. The molecule has 0 saturated carbocycles. The normalized spacial score (nSPS) is 16.2. The fraction of sp³-hybridized carbons (Fsp3) is 0.810. The molecule has 0 aromatic carbocycles. The lowest BCUT2D eigenvalue weighted by Crippen LogP contribution is -2.44. The van der Waals surface area contributed by atoms with Crippen LogP contribution in [-0.2, 0) is 13.6 Å². The van der Waals surface area contributed by atoms with Crippen LogP contribution in [0.15, 0.2) is 11.2 Å². The number of piperazine rings is 1. The zero-order valence-corrected chi connectivity index (χ0v) is 21.6. The molecule has 1 aliphatic rings. The zero-order valence-electron chi connectivity index (χ0n) is 19.3. The van der Waals surface area contributed by atoms with Crippen LogP contribution in [-0.4, -0.2) is 90.3 Å². The van der Waals surface area contributed by atoms with E-state index in [4.69, 9.17) is 4.99 Å². The standard InChI is InChI=1S/C21H41N7.HI/c1-7-22-21(23-10-8-9-11-28-14-12-25(4)13-15-28)26(5)16-19-17-27(6)24-20(19)18(2)3;/h17-18H,7-16H2,1-6H3,(H,22,23);1H. The lowest BCUT2D eigenvalue weighted by atomic mass is 10.1. The maximum Gasteiger partial charge on any atom is 0.193 e. The number of halogens is 1. The number of likely N-dealkylation sites (N-methyl/N-ethyl adjacent to an activating group) is 1. The molecule has 2 heterocycles. The molecule has 1 N–H and O–H groups in total. The zero-order chi connectivity index (χ0) is 20.5. The summed E-state index contributed by atoms with van der Waals surface area (Å²) in [4.78, 5) is 12.1. The van der Waals surface area contributed by atoms with Gasteiger partial charge in [0.2, 0.25) is 0 Å². The third-order valence-corrected chi connectivity index (χ3v) is 5.33. The summed E-state index contributed by atoms with van der Waals surface area (Å²) in [6.07, 6.45) is 4.49. The number of aromatic nitrogens is 2. The topological polar surface area (TPSA) is 51.9 Å². The van der Waals surface area contributed by atoms with Crippen LogP contribution in [0.5, 0.6) is 0 Å². The Morgan fingerprint density at radius 3 is 2.52 bits per heavy atom. The van der Waals surface area contributed by atoms with Gasteiger partial charge in [0.25, 0.3) is 0 Å². The Balaban J connectivity index is 0.00000420. The van der Waals surface area contributed by atoms with Gasteiger partial charge in [0, 0.05) is 71.7 Å². The predicted octanol–water partition coefficient (Wildman–Crippen LogP) is 2.59. The van der Waals surface area contributed by atoms with Crippen LogP contribution in [0, 0.1) is 0 Å². The number of rotatable bonds is 9. The van der Waals surface area contributed by atoms with E-state index in [1.165, 1.54) is 50.4 Å². The summed E-state index contributed by atoms with van der Waals surface area (Å²) in [7, 11) is 6.32. The van der Waals surface area contributed by atoms with Crippen LogP contribution in [0.25, 0.3) is 0 Å². The lowest BCUT2D eigenvalue weighted by Gasteiger charge is -2.32. The molecular formula is C21H42IN7. The average molecular weight is 520 g/mol. The molecule has 0 amide bonds. The number of nitrogens with one attached hydrogen (secondary N) is 1. The van der Waals surface area contributed by atoms with Crippen LogP contribution in [0.1, 0.15) is 50.8 Å². The van der Waals surface area contributed by atoms with E-state index < -0.39 is 0 Å². The van der Waals surface area contributed by atoms with Crippen LogP contribution < -0.4 is 5.32 Å². The molecule has 1 aromatic heterocycles. The molecule has 0 unspecified atom stereocenters. The van der Waals surface area contributed by atoms with Gasteiger partial charge in [-0.15, -0.1) is 24.0 Å². The fourth-order valence-corrected chi connectivity index (χ4v) is 3.67. The molecule has 1 saturated heterocycles. The number of unbranched alkanes of at least 4 members (excludes halogenated alkanes) is 1. The number of hydrogen-bond donors (Lipinski definition) is 1. The summed E-state index contributed by atoms with van der Waals surface area (Å²) in [5.41, 5.74) is 2.46. The maximum absolute atomic E-state index is 4.86. The van der Waals surface area contributed by atoms with E-state index in [0.29, 0.717) is 5.92 Å². The molecule has 168 valence electrons. The number of aryl methyl sites for hydroxylation is 1. The second-order valence-electron chi connectivity index (χ2n) is 8.31.